The first kappa shape index (κ1) is 16.9. The number of hydrogen-bond acceptors (Lipinski definition) is 6. The molecule has 0 spiro atoms. The summed E-state index contributed by atoms with van der Waals surface area (Å²) in [5, 5.41) is 3.90. The summed E-state index contributed by atoms with van der Waals surface area (Å²) in [5.41, 5.74) is 2.42. The quantitative estimate of drug-likeness (QED) is 0.738. The number of ether oxygens (including phenoxy) is 1. The fourth-order valence-corrected chi connectivity index (χ4v) is 4.07. The Hall–Kier alpha value is -2.58. The van der Waals surface area contributed by atoms with Crippen LogP contribution in [0.15, 0.2) is 44.2 Å². The van der Waals surface area contributed by atoms with Gasteiger partial charge < -0.3 is 13.7 Å². The summed E-state index contributed by atoms with van der Waals surface area (Å²) in [4.78, 5) is 0.222. The molecule has 0 saturated heterocycles. The SMILES string of the molecule is Cc1noc(C)c1-c1ccc(CNS(=O)(=O)c2ccc3c(c2)CCO3)o1. The van der Waals surface area contributed by atoms with Gasteiger partial charge in [0.15, 0.2) is 0 Å². The van der Waals surface area contributed by atoms with Crippen LogP contribution in [0.5, 0.6) is 5.75 Å². The van der Waals surface area contributed by atoms with Crippen LogP contribution >= 0.6 is 0 Å². The third-order valence-corrected chi connectivity index (χ3v) is 5.75. The van der Waals surface area contributed by atoms with Crippen molar-refractivity contribution in [2.45, 2.75) is 31.7 Å². The third kappa shape index (κ3) is 3.02. The van der Waals surface area contributed by atoms with Crippen LogP contribution in [0.3, 0.4) is 0 Å². The van der Waals surface area contributed by atoms with Crippen LogP contribution in [0.2, 0.25) is 0 Å². The van der Waals surface area contributed by atoms with E-state index in [9.17, 15) is 8.42 Å². The summed E-state index contributed by atoms with van der Waals surface area (Å²) in [7, 11) is -3.64. The molecule has 4 rings (SSSR count). The van der Waals surface area contributed by atoms with E-state index < -0.39 is 10.0 Å². The van der Waals surface area contributed by atoms with Crippen molar-refractivity contribution in [2.24, 2.45) is 0 Å². The molecule has 0 bridgehead atoms. The van der Waals surface area contributed by atoms with Crippen LogP contribution in [0.4, 0.5) is 0 Å². The highest BCUT2D eigenvalue weighted by Gasteiger charge is 2.20. The molecule has 26 heavy (non-hydrogen) atoms. The summed E-state index contributed by atoms with van der Waals surface area (Å²) in [6, 6.07) is 8.41. The number of nitrogens with zero attached hydrogens (tertiary/aromatic N) is 1. The minimum atomic E-state index is -3.64. The molecule has 136 valence electrons. The van der Waals surface area contributed by atoms with E-state index in [1.54, 1.807) is 37.3 Å². The molecule has 0 fully saturated rings. The normalized spacial score (nSPS) is 13.6. The van der Waals surface area contributed by atoms with Crippen LogP contribution in [0.1, 0.15) is 22.8 Å². The van der Waals surface area contributed by atoms with Gasteiger partial charge in [-0.25, -0.2) is 13.1 Å². The topological polar surface area (TPSA) is 94.6 Å². The zero-order valence-corrected chi connectivity index (χ0v) is 15.2. The second-order valence-electron chi connectivity index (χ2n) is 6.16. The number of furan rings is 1. The molecule has 7 nitrogen and oxygen atoms in total. The molecule has 8 heteroatoms. The average Bonchev–Trinajstić information content (AvgIpc) is 3.32. The Morgan fingerprint density at radius 1 is 1.19 bits per heavy atom. The van der Waals surface area contributed by atoms with Gasteiger partial charge in [0.1, 0.15) is 23.0 Å². The zero-order valence-electron chi connectivity index (χ0n) is 14.4. The first-order valence-electron chi connectivity index (χ1n) is 8.21. The third-order valence-electron chi connectivity index (χ3n) is 4.35. The number of rotatable bonds is 5. The van der Waals surface area contributed by atoms with E-state index >= 15 is 0 Å². The monoisotopic (exact) mass is 374 g/mol. The van der Waals surface area contributed by atoms with Gasteiger partial charge in [-0.3, -0.25) is 0 Å². The molecule has 2 aromatic heterocycles. The molecule has 3 aromatic rings. The standard InChI is InChI=1S/C18H18N2O5S/c1-11-18(12(2)25-20-11)17-5-3-14(24-17)10-19-26(21,22)15-4-6-16-13(9-15)7-8-23-16/h3-6,9,19H,7-8,10H2,1-2H3. The maximum absolute atomic E-state index is 12.5. The van der Waals surface area contributed by atoms with Crippen molar-refractivity contribution in [3.8, 4) is 17.1 Å². The van der Waals surface area contributed by atoms with E-state index in [1.165, 1.54) is 0 Å². The number of aryl methyl sites for hydroxylation is 2. The fourth-order valence-electron chi connectivity index (χ4n) is 3.02. The second kappa shape index (κ2) is 6.30. The van der Waals surface area contributed by atoms with Gasteiger partial charge in [-0.2, -0.15) is 0 Å². The lowest BCUT2D eigenvalue weighted by atomic mass is 10.1. The molecule has 1 N–H and O–H groups in total. The van der Waals surface area contributed by atoms with Gasteiger partial charge in [-0.1, -0.05) is 5.16 Å². The number of aromatic nitrogens is 1. The lowest BCUT2D eigenvalue weighted by molar-refractivity contribution is 0.356. The Balaban J connectivity index is 1.50. The number of sulfonamides is 1. The Labute approximate surface area is 151 Å². The number of hydrogen-bond donors (Lipinski definition) is 1. The Kier molecular flexibility index (Phi) is 4.08. The molecule has 1 aromatic carbocycles. The Morgan fingerprint density at radius 2 is 2.04 bits per heavy atom. The van der Waals surface area contributed by atoms with E-state index in [2.05, 4.69) is 9.88 Å². The van der Waals surface area contributed by atoms with E-state index in [1.807, 2.05) is 6.92 Å². The maximum Gasteiger partial charge on any atom is 0.240 e. The minimum absolute atomic E-state index is 0.0549. The van der Waals surface area contributed by atoms with Gasteiger partial charge in [-0.05, 0) is 49.7 Å². The van der Waals surface area contributed by atoms with Crippen molar-refractivity contribution in [1.82, 2.24) is 9.88 Å². The summed E-state index contributed by atoms with van der Waals surface area (Å²) in [6.45, 7) is 4.27. The van der Waals surface area contributed by atoms with E-state index in [0.29, 0.717) is 23.9 Å². The van der Waals surface area contributed by atoms with Gasteiger partial charge in [0, 0.05) is 6.42 Å². The van der Waals surface area contributed by atoms with Crippen LogP contribution in [-0.4, -0.2) is 20.2 Å². The predicted octanol–water partition coefficient (Wildman–Crippen LogP) is 2.96. The minimum Gasteiger partial charge on any atom is -0.493 e. The van der Waals surface area contributed by atoms with Crippen LogP contribution in [0, 0.1) is 13.8 Å². The van der Waals surface area contributed by atoms with Gasteiger partial charge in [-0.15, -0.1) is 0 Å². The number of benzene rings is 1. The van der Waals surface area contributed by atoms with Crippen molar-refractivity contribution >= 4 is 10.0 Å². The van der Waals surface area contributed by atoms with Crippen molar-refractivity contribution in [3.05, 3.63) is 53.1 Å². The van der Waals surface area contributed by atoms with Crippen molar-refractivity contribution < 1.29 is 22.1 Å². The van der Waals surface area contributed by atoms with Crippen LogP contribution in [-0.2, 0) is 23.0 Å². The summed E-state index contributed by atoms with van der Waals surface area (Å²) < 4.78 is 43.9. The van der Waals surface area contributed by atoms with E-state index in [4.69, 9.17) is 13.7 Å². The van der Waals surface area contributed by atoms with Gasteiger partial charge in [0.2, 0.25) is 10.0 Å². The summed E-state index contributed by atoms with van der Waals surface area (Å²) >= 11 is 0. The lowest BCUT2D eigenvalue weighted by Crippen LogP contribution is -2.23. The number of nitrogens with one attached hydrogen (secondary N) is 1. The Morgan fingerprint density at radius 3 is 2.81 bits per heavy atom. The largest absolute Gasteiger partial charge is 0.493 e. The Bertz CT molecular complexity index is 1050. The van der Waals surface area contributed by atoms with Crippen molar-refractivity contribution in [3.63, 3.8) is 0 Å². The molecular weight excluding hydrogens is 356 g/mol. The van der Waals surface area contributed by atoms with Crippen molar-refractivity contribution in [1.29, 1.82) is 0 Å². The second-order valence-corrected chi connectivity index (χ2v) is 7.92. The smallest absolute Gasteiger partial charge is 0.240 e. The molecular formula is C18H18N2O5S. The highest BCUT2D eigenvalue weighted by atomic mass is 32.2. The van der Waals surface area contributed by atoms with Crippen LogP contribution in [0.25, 0.3) is 11.3 Å². The maximum atomic E-state index is 12.5. The van der Waals surface area contributed by atoms with Gasteiger partial charge >= 0.3 is 0 Å². The van der Waals surface area contributed by atoms with E-state index in [-0.39, 0.29) is 11.4 Å². The lowest BCUT2D eigenvalue weighted by Gasteiger charge is -2.07. The highest BCUT2D eigenvalue weighted by molar-refractivity contribution is 7.89. The highest BCUT2D eigenvalue weighted by Crippen LogP contribution is 2.29. The average molecular weight is 374 g/mol. The molecule has 0 saturated carbocycles. The van der Waals surface area contributed by atoms with Gasteiger partial charge in [0.25, 0.3) is 0 Å². The fraction of sp³-hybridized carbons (Fsp3) is 0.278. The molecule has 0 radical (unpaired) electrons. The first-order valence-corrected chi connectivity index (χ1v) is 9.70. The molecule has 1 aliphatic heterocycles. The first-order chi connectivity index (χ1) is 12.4. The number of fused-ring (bicyclic) bond motifs is 1. The molecule has 1 aliphatic rings. The summed E-state index contributed by atoms with van der Waals surface area (Å²) in [5.74, 6) is 2.52. The zero-order chi connectivity index (χ0) is 18.3. The summed E-state index contributed by atoms with van der Waals surface area (Å²) in [6.07, 6.45) is 0.720. The van der Waals surface area contributed by atoms with Crippen molar-refractivity contribution in [2.75, 3.05) is 6.61 Å². The molecule has 0 amide bonds. The molecule has 0 atom stereocenters. The predicted molar refractivity (Wildman–Crippen MR) is 93.3 cm³/mol. The molecule has 0 aliphatic carbocycles. The van der Waals surface area contributed by atoms with E-state index in [0.717, 1.165) is 29.0 Å². The van der Waals surface area contributed by atoms with Gasteiger partial charge in [0.05, 0.1) is 29.3 Å². The molecule has 3 heterocycles. The molecule has 0 unspecified atom stereocenters. The van der Waals surface area contributed by atoms with Crippen LogP contribution < -0.4 is 9.46 Å².